The van der Waals surface area contributed by atoms with Crippen molar-refractivity contribution in [2.24, 2.45) is 5.92 Å². The Bertz CT molecular complexity index is 389. The summed E-state index contributed by atoms with van der Waals surface area (Å²) in [5.74, 6) is 0.623. The highest BCUT2D eigenvalue weighted by Gasteiger charge is 2.13. The van der Waals surface area contributed by atoms with Crippen molar-refractivity contribution in [3.63, 3.8) is 0 Å². The molecule has 0 amide bonds. The Morgan fingerprint density at radius 2 is 1.67 bits per heavy atom. The first-order valence-corrected chi connectivity index (χ1v) is 8.22. The Morgan fingerprint density at radius 3 is 2.19 bits per heavy atom. The molecule has 120 valence electrons. The molecule has 0 aliphatic heterocycles. The Hall–Kier alpha value is -0.860. The van der Waals surface area contributed by atoms with Gasteiger partial charge in [-0.25, -0.2) is 0 Å². The quantitative estimate of drug-likeness (QED) is 0.701. The summed E-state index contributed by atoms with van der Waals surface area (Å²) in [6.07, 6.45) is 1.07. The second-order valence-corrected chi connectivity index (χ2v) is 7.37. The molecule has 1 aromatic rings. The van der Waals surface area contributed by atoms with E-state index in [4.69, 9.17) is 4.74 Å². The van der Waals surface area contributed by atoms with Gasteiger partial charge in [0.05, 0.1) is 0 Å². The van der Waals surface area contributed by atoms with Gasteiger partial charge in [0.15, 0.2) is 0 Å². The first kappa shape index (κ1) is 18.2. The highest BCUT2D eigenvalue weighted by Crippen LogP contribution is 2.23. The highest BCUT2D eigenvalue weighted by molar-refractivity contribution is 5.28. The molecule has 1 N–H and O–H groups in total. The van der Waals surface area contributed by atoms with Crippen LogP contribution in [-0.4, -0.2) is 19.8 Å². The smallest absolute Gasteiger partial charge is 0.0489 e. The fourth-order valence-corrected chi connectivity index (χ4v) is 2.20. The summed E-state index contributed by atoms with van der Waals surface area (Å²) in [5, 5.41) is 3.57. The number of benzene rings is 1. The van der Waals surface area contributed by atoms with Gasteiger partial charge in [0.1, 0.15) is 0 Å². The Balaban J connectivity index is 2.30. The molecular weight excluding hydrogens is 258 g/mol. The van der Waals surface area contributed by atoms with Crippen molar-refractivity contribution >= 4 is 0 Å². The van der Waals surface area contributed by atoms with Crippen LogP contribution in [-0.2, 0) is 10.2 Å². The Labute approximate surface area is 131 Å². The highest BCUT2D eigenvalue weighted by atomic mass is 16.5. The van der Waals surface area contributed by atoms with Crippen LogP contribution in [0.15, 0.2) is 24.3 Å². The molecule has 0 bridgehead atoms. The predicted octanol–water partition coefficient (Wildman–Crippen LogP) is 4.70. The topological polar surface area (TPSA) is 21.3 Å². The van der Waals surface area contributed by atoms with Gasteiger partial charge in [0.25, 0.3) is 0 Å². The van der Waals surface area contributed by atoms with Crippen molar-refractivity contribution in [1.29, 1.82) is 0 Å². The van der Waals surface area contributed by atoms with Crippen molar-refractivity contribution in [1.82, 2.24) is 5.32 Å². The van der Waals surface area contributed by atoms with Gasteiger partial charge in [-0.3, -0.25) is 0 Å². The summed E-state index contributed by atoms with van der Waals surface area (Å²) < 4.78 is 5.60. The van der Waals surface area contributed by atoms with Gasteiger partial charge in [-0.2, -0.15) is 0 Å². The molecule has 0 heterocycles. The van der Waals surface area contributed by atoms with Crippen molar-refractivity contribution in [3.05, 3.63) is 35.4 Å². The summed E-state index contributed by atoms with van der Waals surface area (Å²) in [7, 11) is 0. The summed E-state index contributed by atoms with van der Waals surface area (Å²) >= 11 is 0. The zero-order chi connectivity index (χ0) is 15.9. The van der Waals surface area contributed by atoms with Crippen LogP contribution in [0, 0.1) is 5.92 Å². The average molecular weight is 291 g/mol. The molecule has 21 heavy (non-hydrogen) atoms. The van der Waals surface area contributed by atoms with Crippen LogP contribution >= 0.6 is 0 Å². The molecule has 1 unspecified atom stereocenters. The number of ether oxygens (including phenoxy) is 1. The first-order chi connectivity index (χ1) is 9.80. The van der Waals surface area contributed by atoms with Crippen molar-refractivity contribution in [2.45, 2.75) is 59.4 Å². The number of nitrogens with one attached hydrogen (secondary N) is 1. The second-order valence-electron chi connectivity index (χ2n) is 7.37. The van der Waals surface area contributed by atoms with E-state index in [2.05, 4.69) is 71.1 Å². The van der Waals surface area contributed by atoms with Crippen LogP contribution in [0.4, 0.5) is 0 Å². The molecule has 0 radical (unpaired) electrons. The van der Waals surface area contributed by atoms with Gasteiger partial charge < -0.3 is 10.1 Å². The lowest BCUT2D eigenvalue weighted by molar-refractivity contribution is 0.107. The second kappa shape index (κ2) is 8.55. The maximum Gasteiger partial charge on any atom is 0.0489 e. The standard InChI is InChI=1S/C19H33NO/c1-15(2)14-21-13-7-12-20-16(3)17-8-10-18(11-9-17)19(4,5)6/h8-11,15-16,20H,7,12-14H2,1-6H3. The van der Waals surface area contributed by atoms with Crippen LogP contribution in [0.2, 0.25) is 0 Å². The van der Waals surface area contributed by atoms with Gasteiger partial charge in [-0.15, -0.1) is 0 Å². The van der Waals surface area contributed by atoms with Crippen LogP contribution < -0.4 is 5.32 Å². The zero-order valence-corrected chi connectivity index (χ0v) is 14.7. The third kappa shape index (κ3) is 7.10. The van der Waals surface area contributed by atoms with Crippen molar-refractivity contribution in [3.8, 4) is 0 Å². The maximum absolute atomic E-state index is 5.60. The van der Waals surface area contributed by atoms with Crippen LogP contribution in [0.3, 0.4) is 0 Å². The summed E-state index contributed by atoms with van der Waals surface area (Å²) in [6, 6.07) is 9.38. The molecule has 2 nitrogen and oxygen atoms in total. The molecule has 0 aromatic heterocycles. The Kier molecular flexibility index (Phi) is 7.41. The number of rotatable bonds is 8. The summed E-state index contributed by atoms with van der Waals surface area (Å²) in [4.78, 5) is 0. The number of hydrogen-bond acceptors (Lipinski definition) is 2. The lowest BCUT2D eigenvalue weighted by atomic mass is 9.86. The van der Waals surface area contributed by atoms with E-state index in [0.29, 0.717) is 12.0 Å². The molecule has 1 rings (SSSR count). The van der Waals surface area contributed by atoms with E-state index in [1.165, 1.54) is 11.1 Å². The molecule has 0 fully saturated rings. The minimum atomic E-state index is 0.225. The van der Waals surface area contributed by atoms with E-state index >= 15 is 0 Å². The zero-order valence-electron chi connectivity index (χ0n) is 14.7. The minimum Gasteiger partial charge on any atom is -0.381 e. The molecule has 0 aliphatic rings. The average Bonchev–Trinajstić information content (AvgIpc) is 2.41. The maximum atomic E-state index is 5.60. The van der Waals surface area contributed by atoms with E-state index in [9.17, 15) is 0 Å². The van der Waals surface area contributed by atoms with Gasteiger partial charge in [0, 0.05) is 19.3 Å². The van der Waals surface area contributed by atoms with Crippen LogP contribution in [0.25, 0.3) is 0 Å². The van der Waals surface area contributed by atoms with Gasteiger partial charge >= 0.3 is 0 Å². The lowest BCUT2D eigenvalue weighted by Gasteiger charge is -2.20. The molecule has 1 aromatic carbocycles. The lowest BCUT2D eigenvalue weighted by Crippen LogP contribution is -2.21. The Morgan fingerprint density at radius 1 is 1.05 bits per heavy atom. The monoisotopic (exact) mass is 291 g/mol. The van der Waals surface area contributed by atoms with Crippen LogP contribution in [0.5, 0.6) is 0 Å². The summed E-state index contributed by atoms with van der Waals surface area (Å²) in [6.45, 7) is 16.1. The molecule has 0 saturated carbocycles. The van der Waals surface area contributed by atoms with E-state index in [1.54, 1.807) is 0 Å². The van der Waals surface area contributed by atoms with Gasteiger partial charge in [-0.1, -0.05) is 58.9 Å². The number of hydrogen-bond donors (Lipinski definition) is 1. The third-order valence-corrected chi connectivity index (χ3v) is 3.64. The minimum absolute atomic E-state index is 0.225. The molecule has 0 saturated heterocycles. The molecule has 1 atom stereocenters. The summed E-state index contributed by atoms with van der Waals surface area (Å²) in [5.41, 5.74) is 2.97. The first-order valence-electron chi connectivity index (χ1n) is 8.22. The van der Waals surface area contributed by atoms with E-state index in [-0.39, 0.29) is 5.41 Å². The van der Waals surface area contributed by atoms with E-state index in [1.807, 2.05) is 0 Å². The molecule has 0 spiro atoms. The molecule has 2 heteroatoms. The fraction of sp³-hybridized carbons (Fsp3) is 0.684. The van der Waals surface area contributed by atoms with E-state index < -0.39 is 0 Å². The SMILES string of the molecule is CC(C)COCCCNC(C)c1ccc(C(C)(C)C)cc1. The predicted molar refractivity (Wildman–Crippen MR) is 91.8 cm³/mol. The van der Waals surface area contributed by atoms with Crippen molar-refractivity contribution in [2.75, 3.05) is 19.8 Å². The van der Waals surface area contributed by atoms with Crippen LogP contribution in [0.1, 0.15) is 65.1 Å². The third-order valence-electron chi connectivity index (χ3n) is 3.64. The molecular formula is C19H33NO. The molecule has 0 aliphatic carbocycles. The largest absolute Gasteiger partial charge is 0.381 e. The fourth-order valence-electron chi connectivity index (χ4n) is 2.20. The van der Waals surface area contributed by atoms with Gasteiger partial charge in [-0.05, 0) is 42.3 Å². The normalized spacial score (nSPS) is 13.7. The van der Waals surface area contributed by atoms with E-state index in [0.717, 1.165) is 26.2 Å². The van der Waals surface area contributed by atoms with Crippen molar-refractivity contribution < 1.29 is 4.74 Å². The van der Waals surface area contributed by atoms with Gasteiger partial charge in [0.2, 0.25) is 0 Å².